The van der Waals surface area contributed by atoms with E-state index in [0.29, 0.717) is 13.0 Å². The monoisotopic (exact) mass is 263 g/mol. The highest BCUT2D eigenvalue weighted by molar-refractivity contribution is 5.16. The molecule has 4 rings (SSSR count). The Labute approximate surface area is 113 Å². The van der Waals surface area contributed by atoms with Crippen LogP contribution >= 0.6 is 0 Å². The van der Waals surface area contributed by atoms with Crippen LogP contribution < -0.4 is 0 Å². The Morgan fingerprint density at radius 3 is 2.63 bits per heavy atom. The lowest BCUT2D eigenvalue weighted by Gasteiger charge is -2.56. The molecule has 0 radical (unpaired) electrons. The van der Waals surface area contributed by atoms with Crippen LogP contribution in [0.15, 0.2) is 30.3 Å². The third kappa shape index (κ3) is 2.19. The van der Waals surface area contributed by atoms with Gasteiger partial charge >= 0.3 is 0 Å². The molecule has 0 unspecified atom stereocenters. The molecule has 0 aromatic heterocycles. The summed E-state index contributed by atoms with van der Waals surface area (Å²) in [5.41, 5.74) is 0.0619. The maximum Gasteiger partial charge on any atom is 0.108 e. The van der Waals surface area contributed by atoms with Crippen molar-refractivity contribution in [1.82, 2.24) is 4.90 Å². The van der Waals surface area contributed by atoms with E-state index >= 15 is 0 Å². The van der Waals surface area contributed by atoms with Gasteiger partial charge in [-0.2, -0.15) is 0 Å². The molecule has 0 amide bonds. The fourth-order valence-electron chi connectivity index (χ4n) is 3.59. The molecular weight excluding hydrogens is 242 g/mol. The van der Waals surface area contributed by atoms with Crippen LogP contribution in [0, 0.1) is 5.92 Å². The Morgan fingerprint density at radius 1 is 1.21 bits per heavy atom. The summed E-state index contributed by atoms with van der Waals surface area (Å²) in [5.74, 6) is -0.201. The van der Waals surface area contributed by atoms with Crippen LogP contribution in [-0.2, 0) is 6.54 Å². The van der Waals surface area contributed by atoms with E-state index in [1.165, 1.54) is 5.56 Å². The third-order valence-corrected chi connectivity index (χ3v) is 4.76. The van der Waals surface area contributed by atoms with Crippen molar-refractivity contribution in [1.29, 1.82) is 0 Å². The summed E-state index contributed by atoms with van der Waals surface area (Å²) in [6, 6.07) is 10.4. The van der Waals surface area contributed by atoms with Crippen LogP contribution in [0.2, 0.25) is 0 Å². The van der Waals surface area contributed by atoms with Gasteiger partial charge in [0.25, 0.3) is 0 Å². The summed E-state index contributed by atoms with van der Waals surface area (Å²) in [7, 11) is 0. The standard InChI is InChI=1S/C15H21NO3/c17-9-12-6-13-7-14(18)15(12,19)10-16(13)8-11-4-2-1-3-5-11/h1-5,12-14,17-19H,6-10H2/t12-,13-,14-,15-/m1/s1. The molecular formula is C15H21NO3. The molecule has 104 valence electrons. The highest BCUT2D eigenvalue weighted by Gasteiger charge is 2.55. The molecule has 3 fully saturated rings. The molecule has 19 heavy (non-hydrogen) atoms. The molecule has 4 atom stereocenters. The van der Waals surface area contributed by atoms with Gasteiger partial charge in [0.05, 0.1) is 6.10 Å². The summed E-state index contributed by atoms with van der Waals surface area (Å²) in [6.45, 7) is 1.18. The van der Waals surface area contributed by atoms with Gasteiger partial charge in [-0.25, -0.2) is 0 Å². The van der Waals surface area contributed by atoms with Crippen molar-refractivity contribution in [2.75, 3.05) is 13.2 Å². The molecule has 3 N–H and O–H groups in total. The van der Waals surface area contributed by atoms with Gasteiger partial charge in [0.2, 0.25) is 0 Å². The van der Waals surface area contributed by atoms with Crippen molar-refractivity contribution in [2.24, 2.45) is 5.92 Å². The predicted molar refractivity (Wildman–Crippen MR) is 71.4 cm³/mol. The molecule has 1 aromatic rings. The van der Waals surface area contributed by atoms with Gasteiger partial charge in [-0.15, -0.1) is 0 Å². The van der Waals surface area contributed by atoms with Crippen LogP contribution in [0.3, 0.4) is 0 Å². The molecule has 1 aliphatic carbocycles. The second-order valence-corrected chi connectivity index (χ2v) is 5.90. The van der Waals surface area contributed by atoms with Crippen molar-refractivity contribution >= 4 is 0 Å². The third-order valence-electron chi connectivity index (χ3n) is 4.76. The van der Waals surface area contributed by atoms with Crippen molar-refractivity contribution in [3.05, 3.63) is 35.9 Å². The number of piperidine rings is 2. The van der Waals surface area contributed by atoms with Crippen molar-refractivity contribution in [3.63, 3.8) is 0 Å². The summed E-state index contributed by atoms with van der Waals surface area (Å²) >= 11 is 0. The number of fused-ring (bicyclic) bond motifs is 3. The summed E-state index contributed by atoms with van der Waals surface area (Å²) in [5, 5.41) is 30.1. The molecule has 3 aliphatic rings. The lowest BCUT2D eigenvalue weighted by Crippen LogP contribution is -2.69. The van der Waals surface area contributed by atoms with Crippen LogP contribution in [0.1, 0.15) is 18.4 Å². The second-order valence-electron chi connectivity index (χ2n) is 5.90. The summed E-state index contributed by atoms with van der Waals surface area (Å²) in [6.07, 6.45) is 0.645. The summed E-state index contributed by atoms with van der Waals surface area (Å²) < 4.78 is 0. The second kappa shape index (κ2) is 4.87. The predicted octanol–water partition coefficient (Wildman–Crippen LogP) is 0.365. The van der Waals surface area contributed by atoms with Crippen LogP contribution in [-0.4, -0.2) is 51.1 Å². The smallest absolute Gasteiger partial charge is 0.108 e. The molecule has 2 bridgehead atoms. The summed E-state index contributed by atoms with van der Waals surface area (Å²) in [4.78, 5) is 2.23. The Morgan fingerprint density at radius 2 is 1.95 bits per heavy atom. The minimum Gasteiger partial charge on any atom is -0.396 e. The van der Waals surface area contributed by atoms with E-state index in [-0.39, 0.29) is 18.6 Å². The van der Waals surface area contributed by atoms with E-state index in [1.807, 2.05) is 18.2 Å². The van der Waals surface area contributed by atoms with Crippen LogP contribution in [0.4, 0.5) is 0 Å². The first-order valence-corrected chi connectivity index (χ1v) is 6.93. The van der Waals surface area contributed by atoms with Crippen molar-refractivity contribution in [3.8, 4) is 0 Å². The van der Waals surface area contributed by atoms with Crippen LogP contribution in [0.25, 0.3) is 0 Å². The normalized spacial score (nSPS) is 38.6. The number of nitrogens with zero attached hydrogens (tertiary/aromatic N) is 1. The first kappa shape index (κ1) is 13.1. The van der Waals surface area contributed by atoms with E-state index in [9.17, 15) is 15.3 Å². The van der Waals surface area contributed by atoms with Gasteiger partial charge in [-0.3, -0.25) is 4.90 Å². The van der Waals surface area contributed by atoms with Gasteiger partial charge < -0.3 is 15.3 Å². The number of aliphatic hydroxyl groups excluding tert-OH is 2. The lowest BCUT2D eigenvalue weighted by molar-refractivity contribution is -0.213. The fraction of sp³-hybridized carbons (Fsp3) is 0.600. The average Bonchev–Trinajstić information content (AvgIpc) is 2.41. The minimum atomic E-state index is -1.15. The highest BCUT2D eigenvalue weighted by atomic mass is 16.3. The van der Waals surface area contributed by atoms with Crippen LogP contribution in [0.5, 0.6) is 0 Å². The number of hydrogen-bond acceptors (Lipinski definition) is 4. The Hall–Kier alpha value is -0.940. The fourth-order valence-corrected chi connectivity index (χ4v) is 3.59. The van der Waals surface area contributed by atoms with E-state index in [0.717, 1.165) is 13.0 Å². The number of aliphatic hydroxyl groups is 3. The Balaban J connectivity index is 1.77. The molecule has 2 saturated heterocycles. The maximum atomic E-state index is 10.6. The van der Waals surface area contributed by atoms with Gasteiger partial charge in [-0.05, 0) is 18.4 Å². The topological polar surface area (TPSA) is 63.9 Å². The highest BCUT2D eigenvalue weighted by Crippen LogP contribution is 2.42. The largest absolute Gasteiger partial charge is 0.396 e. The molecule has 1 aromatic carbocycles. The molecule has 1 saturated carbocycles. The molecule has 2 heterocycles. The zero-order chi connectivity index (χ0) is 13.5. The van der Waals surface area contributed by atoms with E-state index < -0.39 is 11.7 Å². The van der Waals surface area contributed by atoms with E-state index in [4.69, 9.17) is 0 Å². The first-order chi connectivity index (χ1) is 9.13. The maximum absolute atomic E-state index is 10.6. The zero-order valence-corrected chi connectivity index (χ0v) is 10.9. The minimum absolute atomic E-state index is 0.0523. The molecule has 0 spiro atoms. The van der Waals surface area contributed by atoms with E-state index in [2.05, 4.69) is 17.0 Å². The Bertz CT molecular complexity index is 438. The quantitative estimate of drug-likeness (QED) is 0.737. The van der Waals surface area contributed by atoms with Crippen molar-refractivity contribution < 1.29 is 15.3 Å². The average molecular weight is 263 g/mol. The van der Waals surface area contributed by atoms with Gasteiger partial charge in [-0.1, -0.05) is 30.3 Å². The zero-order valence-electron chi connectivity index (χ0n) is 10.9. The molecule has 4 heteroatoms. The number of benzene rings is 1. The number of hydrogen-bond donors (Lipinski definition) is 3. The van der Waals surface area contributed by atoms with Gasteiger partial charge in [0.1, 0.15) is 5.60 Å². The first-order valence-electron chi connectivity index (χ1n) is 6.93. The molecule has 2 aliphatic heterocycles. The van der Waals surface area contributed by atoms with Crippen molar-refractivity contribution in [2.45, 2.75) is 37.1 Å². The lowest BCUT2D eigenvalue weighted by atomic mass is 9.67. The molecule has 4 nitrogen and oxygen atoms in total. The van der Waals surface area contributed by atoms with E-state index in [1.54, 1.807) is 0 Å². The van der Waals surface area contributed by atoms with Gasteiger partial charge in [0, 0.05) is 31.7 Å². The Kier molecular flexibility index (Phi) is 3.35. The van der Waals surface area contributed by atoms with Gasteiger partial charge in [0.15, 0.2) is 0 Å². The SMILES string of the molecule is OC[C@H]1C[C@@H]2C[C@@H](O)[C@@]1(O)CN2Cc1ccccc1. The number of rotatable bonds is 3.